The molecule has 1 aliphatic rings. The average molecular weight is 257 g/mol. The highest BCUT2D eigenvalue weighted by Gasteiger charge is 2.28. The lowest BCUT2D eigenvalue weighted by Gasteiger charge is -2.04. The molecule has 0 radical (unpaired) electrons. The Hall–Kier alpha value is -1.15. The molecule has 0 saturated heterocycles. The molecule has 0 unspecified atom stereocenters. The highest BCUT2D eigenvalue weighted by molar-refractivity contribution is 7.99. The largest absolute Gasteiger partial charge is 0.383 e. The van der Waals surface area contributed by atoms with Crippen LogP contribution in [0.25, 0.3) is 0 Å². The van der Waals surface area contributed by atoms with Crippen LogP contribution >= 0.6 is 11.8 Å². The molecule has 1 saturated carbocycles. The van der Waals surface area contributed by atoms with E-state index in [0.29, 0.717) is 24.9 Å². The third-order valence-corrected chi connectivity index (χ3v) is 3.25. The van der Waals surface area contributed by atoms with Gasteiger partial charge in [0.15, 0.2) is 0 Å². The number of hydrogen-bond donors (Lipinski definition) is 1. The first-order valence-electron chi connectivity index (χ1n) is 5.47. The van der Waals surface area contributed by atoms with Crippen molar-refractivity contribution in [2.45, 2.75) is 24.0 Å². The van der Waals surface area contributed by atoms with Gasteiger partial charge in [0.1, 0.15) is 0 Å². The molecule has 94 valence electrons. The molecule has 7 nitrogen and oxygen atoms in total. The second-order valence-electron chi connectivity index (χ2n) is 3.77. The van der Waals surface area contributed by atoms with Gasteiger partial charge in [-0.25, -0.2) is 4.68 Å². The van der Waals surface area contributed by atoms with E-state index in [1.807, 2.05) is 0 Å². The Morgan fingerprint density at radius 3 is 3.18 bits per heavy atom. The number of amides is 1. The van der Waals surface area contributed by atoms with Crippen molar-refractivity contribution in [3.05, 3.63) is 0 Å². The van der Waals surface area contributed by atoms with Crippen LogP contribution in [0, 0.1) is 0 Å². The Balaban J connectivity index is 1.73. The maximum absolute atomic E-state index is 11.4. The molecule has 1 N–H and O–H groups in total. The fourth-order valence-electron chi connectivity index (χ4n) is 1.30. The Kier molecular flexibility index (Phi) is 4.32. The highest BCUT2D eigenvalue weighted by Crippen LogP contribution is 2.36. The van der Waals surface area contributed by atoms with Crippen LogP contribution in [-0.4, -0.2) is 52.1 Å². The van der Waals surface area contributed by atoms with Crippen LogP contribution in [-0.2, 0) is 9.53 Å². The maximum Gasteiger partial charge on any atom is 0.230 e. The Labute approximate surface area is 103 Å². The van der Waals surface area contributed by atoms with Gasteiger partial charge < -0.3 is 10.1 Å². The zero-order valence-electron chi connectivity index (χ0n) is 9.63. The van der Waals surface area contributed by atoms with Gasteiger partial charge in [-0.15, -0.1) is 5.10 Å². The molecule has 0 aliphatic heterocycles. The van der Waals surface area contributed by atoms with Gasteiger partial charge in [-0.2, -0.15) is 0 Å². The van der Waals surface area contributed by atoms with Crippen molar-refractivity contribution in [1.82, 2.24) is 25.5 Å². The molecular formula is C9H15N5O2S. The number of hydrogen-bond acceptors (Lipinski definition) is 6. The molecule has 0 aromatic carbocycles. The van der Waals surface area contributed by atoms with Crippen LogP contribution in [0.4, 0.5) is 0 Å². The Morgan fingerprint density at radius 2 is 2.47 bits per heavy atom. The van der Waals surface area contributed by atoms with E-state index in [2.05, 4.69) is 20.8 Å². The van der Waals surface area contributed by atoms with Gasteiger partial charge in [0.2, 0.25) is 11.1 Å². The minimum Gasteiger partial charge on any atom is -0.383 e. The standard InChI is InChI=1S/C9H15N5O2S/c1-16-5-4-10-8(15)6-17-9-11-12-13-14(9)7-2-3-7/h7H,2-6H2,1H3,(H,10,15). The maximum atomic E-state index is 11.4. The summed E-state index contributed by atoms with van der Waals surface area (Å²) in [4.78, 5) is 11.4. The number of carbonyl (C=O) groups excluding carboxylic acids is 1. The zero-order chi connectivity index (χ0) is 12.1. The molecule has 1 aromatic rings. The quantitative estimate of drug-likeness (QED) is 0.541. The van der Waals surface area contributed by atoms with Crippen molar-refractivity contribution in [2.24, 2.45) is 0 Å². The van der Waals surface area contributed by atoms with E-state index in [-0.39, 0.29) is 5.91 Å². The number of carbonyl (C=O) groups is 1. The van der Waals surface area contributed by atoms with Crippen LogP contribution in [0.2, 0.25) is 0 Å². The number of tetrazole rings is 1. The van der Waals surface area contributed by atoms with Crippen molar-refractivity contribution in [2.75, 3.05) is 26.0 Å². The highest BCUT2D eigenvalue weighted by atomic mass is 32.2. The predicted molar refractivity (Wildman–Crippen MR) is 61.7 cm³/mol. The van der Waals surface area contributed by atoms with E-state index in [0.717, 1.165) is 18.0 Å². The smallest absolute Gasteiger partial charge is 0.230 e. The minimum absolute atomic E-state index is 0.0302. The normalized spacial score (nSPS) is 14.9. The minimum atomic E-state index is -0.0302. The van der Waals surface area contributed by atoms with E-state index >= 15 is 0 Å². The number of rotatable bonds is 7. The molecule has 0 atom stereocenters. The number of nitrogens with one attached hydrogen (secondary N) is 1. The average Bonchev–Trinajstić information content (AvgIpc) is 3.06. The molecule has 17 heavy (non-hydrogen) atoms. The first kappa shape index (κ1) is 12.3. The summed E-state index contributed by atoms with van der Waals surface area (Å²) in [5, 5.41) is 14.9. The van der Waals surface area contributed by atoms with Crippen LogP contribution in [0.15, 0.2) is 5.16 Å². The summed E-state index contributed by atoms with van der Waals surface area (Å²) >= 11 is 1.36. The van der Waals surface area contributed by atoms with Crippen LogP contribution < -0.4 is 5.32 Å². The summed E-state index contributed by atoms with van der Waals surface area (Å²) < 4.78 is 6.64. The van der Waals surface area contributed by atoms with Crippen molar-refractivity contribution in [1.29, 1.82) is 0 Å². The van der Waals surface area contributed by atoms with E-state index in [1.165, 1.54) is 11.8 Å². The molecule has 1 amide bonds. The molecule has 1 aliphatic carbocycles. The molecular weight excluding hydrogens is 242 g/mol. The SMILES string of the molecule is COCCNC(=O)CSc1nnnn1C1CC1. The fourth-order valence-corrected chi connectivity index (χ4v) is 2.08. The summed E-state index contributed by atoms with van der Waals surface area (Å²) in [7, 11) is 1.60. The van der Waals surface area contributed by atoms with E-state index in [9.17, 15) is 4.79 Å². The van der Waals surface area contributed by atoms with E-state index in [4.69, 9.17) is 4.74 Å². The van der Waals surface area contributed by atoms with Gasteiger partial charge >= 0.3 is 0 Å². The molecule has 2 rings (SSSR count). The van der Waals surface area contributed by atoms with Crippen LogP contribution in [0.1, 0.15) is 18.9 Å². The lowest BCUT2D eigenvalue weighted by molar-refractivity contribution is -0.118. The Bertz CT molecular complexity index is 379. The third-order valence-electron chi connectivity index (χ3n) is 2.32. The van der Waals surface area contributed by atoms with Gasteiger partial charge in [0.05, 0.1) is 18.4 Å². The molecule has 0 bridgehead atoms. The van der Waals surface area contributed by atoms with Crippen molar-refractivity contribution < 1.29 is 9.53 Å². The molecule has 1 heterocycles. The Morgan fingerprint density at radius 1 is 1.65 bits per heavy atom. The summed E-state index contributed by atoms with van der Waals surface area (Å²) in [6, 6.07) is 0.434. The van der Waals surface area contributed by atoms with Gasteiger partial charge in [0, 0.05) is 13.7 Å². The van der Waals surface area contributed by atoms with Crippen LogP contribution in [0.5, 0.6) is 0 Å². The van der Waals surface area contributed by atoms with Gasteiger partial charge in [-0.05, 0) is 23.3 Å². The summed E-state index contributed by atoms with van der Waals surface area (Å²) in [5.74, 6) is 0.300. The number of nitrogens with zero attached hydrogens (tertiary/aromatic N) is 4. The predicted octanol–water partition coefficient (Wildman–Crippen LogP) is -0.137. The third kappa shape index (κ3) is 3.67. The monoisotopic (exact) mass is 257 g/mol. The lowest BCUT2D eigenvalue weighted by atomic mass is 10.6. The summed E-state index contributed by atoms with van der Waals surface area (Å²) in [6.07, 6.45) is 2.25. The first-order chi connectivity index (χ1) is 8.31. The number of aromatic nitrogens is 4. The molecule has 8 heteroatoms. The summed E-state index contributed by atoms with van der Waals surface area (Å²) in [6.45, 7) is 1.06. The topological polar surface area (TPSA) is 81.9 Å². The molecule has 1 fully saturated rings. The van der Waals surface area contributed by atoms with E-state index < -0.39 is 0 Å². The molecule has 1 aromatic heterocycles. The van der Waals surface area contributed by atoms with Crippen LogP contribution in [0.3, 0.4) is 0 Å². The number of thioether (sulfide) groups is 1. The summed E-state index contributed by atoms with van der Waals surface area (Å²) in [5.41, 5.74) is 0. The lowest BCUT2D eigenvalue weighted by Crippen LogP contribution is -2.28. The van der Waals surface area contributed by atoms with Gasteiger partial charge in [-0.1, -0.05) is 11.8 Å². The number of methoxy groups -OCH3 is 1. The van der Waals surface area contributed by atoms with Gasteiger partial charge in [-0.3, -0.25) is 4.79 Å². The number of ether oxygens (including phenoxy) is 1. The second-order valence-corrected chi connectivity index (χ2v) is 4.71. The van der Waals surface area contributed by atoms with Gasteiger partial charge in [0.25, 0.3) is 0 Å². The zero-order valence-corrected chi connectivity index (χ0v) is 10.4. The van der Waals surface area contributed by atoms with E-state index in [1.54, 1.807) is 11.8 Å². The first-order valence-corrected chi connectivity index (χ1v) is 6.46. The molecule has 0 spiro atoms. The van der Waals surface area contributed by atoms with Crippen molar-refractivity contribution >= 4 is 17.7 Å². The van der Waals surface area contributed by atoms with Crippen molar-refractivity contribution in [3.8, 4) is 0 Å². The van der Waals surface area contributed by atoms with Crippen molar-refractivity contribution in [3.63, 3.8) is 0 Å². The fraction of sp³-hybridized carbons (Fsp3) is 0.778. The second kappa shape index (κ2) is 5.97.